The van der Waals surface area contributed by atoms with Crippen molar-refractivity contribution >= 4 is 0 Å². The molecular formula is C9H17NOU. The van der Waals surface area contributed by atoms with Crippen LogP contribution in [0.4, 0.5) is 0 Å². The summed E-state index contributed by atoms with van der Waals surface area (Å²) in [6, 6.07) is 0.574. The maximum Gasteiger partial charge on any atom is 2.00 e. The zero-order valence-corrected chi connectivity index (χ0v) is 12.3. The van der Waals surface area contributed by atoms with Crippen LogP contribution in [0.25, 0.3) is 5.32 Å². The molecule has 0 aromatic rings. The van der Waals surface area contributed by atoms with Gasteiger partial charge in [0.15, 0.2) is 0 Å². The zero-order chi connectivity index (χ0) is 8.27. The molecule has 0 aromatic carbocycles. The number of rotatable bonds is 0. The molecule has 0 aromatic heterocycles. The van der Waals surface area contributed by atoms with Gasteiger partial charge in [-0.15, -0.1) is 12.6 Å². The van der Waals surface area contributed by atoms with E-state index in [9.17, 15) is 0 Å². The molecule has 0 aliphatic carbocycles. The summed E-state index contributed by atoms with van der Waals surface area (Å²) in [5.74, 6) is 1.42. The number of morpholine rings is 1. The molecule has 68 valence electrons. The topological polar surface area (TPSA) is 23.3 Å². The molecule has 2 unspecified atom stereocenters. The summed E-state index contributed by atoms with van der Waals surface area (Å²) in [4.78, 5) is 0. The van der Waals surface area contributed by atoms with E-state index in [0.717, 1.165) is 13.2 Å². The first-order valence-electron chi connectivity index (χ1n) is 4.23. The fourth-order valence-corrected chi connectivity index (χ4v) is 1.21. The molecule has 0 spiro atoms. The summed E-state index contributed by atoms with van der Waals surface area (Å²) in [5.41, 5.74) is 0. The van der Waals surface area contributed by atoms with Crippen LogP contribution in [0.2, 0.25) is 0 Å². The zero-order valence-electron chi connectivity index (χ0n) is 8.13. The third kappa shape index (κ3) is 4.87. The summed E-state index contributed by atoms with van der Waals surface area (Å²) in [5, 5.41) is 4.28. The molecule has 2 rings (SSSR count). The molecule has 2 nitrogen and oxygen atoms in total. The van der Waals surface area contributed by atoms with Gasteiger partial charge in [-0.1, -0.05) is 0 Å². The third-order valence-electron chi connectivity index (χ3n) is 1.63. The van der Waals surface area contributed by atoms with E-state index in [0.29, 0.717) is 12.1 Å². The van der Waals surface area contributed by atoms with Crippen LogP contribution < -0.4 is 0 Å². The Kier molecular flexibility index (Phi) is 6.95. The molecular weight excluding hydrogens is 376 g/mol. The Bertz CT molecular complexity index is 98.3. The summed E-state index contributed by atoms with van der Waals surface area (Å²) >= 11 is 0. The van der Waals surface area contributed by atoms with Gasteiger partial charge in [-0.2, -0.15) is 20.8 Å². The van der Waals surface area contributed by atoms with Gasteiger partial charge in [0, 0.05) is 12.7 Å². The van der Waals surface area contributed by atoms with Crippen LogP contribution in [0.3, 0.4) is 0 Å². The second-order valence-corrected chi connectivity index (χ2v) is 3.71. The second kappa shape index (κ2) is 6.43. The average molecular weight is 393 g/mol. The van der Waals surface area contributed by atoms with Crippen LogP contribution in [0.15, 0.2) is 0 Å². The Hall–Kier alpha value is 0.972. The fourth-order valence-electron chi connectivity index (χ4n) is 1.21. The van der Waals surface area contributed by atoms with Crippen molar-refractivity contribution in [1.29, 1.82) is 0 Å². The monoisotopic (exact) mass is 393 g/mol. The van der Waals surface area contributed by atoms with Gasteiger partial charge >= 0.3 is 31.1 Å². The van der Waals surface area contributed by atoms with E-state index in [1.165, 1.54) is 12.3 Å². The van der Waals surface area contributed by atoms with E-state index in [4.69, 9.17) is 4.74 Å². The van der Waals surface area contributed by atoms with Gasteiger partial charge in [0.05, 0.1) is 0 Å². The minimum absolute atomic E-state index is 0. The number of hydrogen-bond donors (Lipinski definition) is 0. The van der Waals surface area contributed by atoms with Gasteiger partial charge in [0.1, 0.15) is 0 Å². The largest absolute Gasteiger partial charge is 2.00 e. The van der Waals surface area contributed by atoms with Crippen LogP contribution in [-0.2, 0) is 4.74 Å². The second-order valence-electron chi connectivity index (χ2n) is 3.71. The molecule has 2 bridgehead atoms. The Balaban J connectivity index is 0.000000217. The number of ether oxygens (including phenoxy) is 1. The quantitative estimate of drug-likeness (QED) is 0.579. The Morgan fingerprint density at radius 1 is 1.33 bits per heavy atom. The third-order valence-corrected chi connectivity index (χ3v) is 1.63. The summed E-state index contributed by atoms with van der Waals surface area (Å²) in [6.45, 7) is 8.11. The average Bonchev–Trinajstić information content (AvgIpc) is 2.45. The molecule has 2 fully saturated rings. The van der Waals surface area contributed by atoms with Crippen LogP contribution in [0.5, 0.6) is 0 Å². The van der Waals surface area contributed by atoms with E-state index in [-0.39, 0.29) is 31.1 Å². The summed E-state index contributed by atoms with van der Waals surface area (Å²) in [6.07, 6.45) is 1.70. The predicted octanol–water partition coefficient (Wildman–Crippen LogP) is 2.15. The van der Waals surface area contributed by atoms with Gasteiger partial charge in [-0.05, 0) is 6.42 Å². The number of hydrogen-bond acceptors (Lipinski definition) is 1. The number of fused-ring (bicyclic) bond motifs is 2. The molecule has 2 aliphatic heterocycles. The van der Waals surface area contributed by atoms with Gasteiger partial charge in [-0.3, -0.25) is 0 Å². The van der Waals surface area contributed by atoms with E-state index >= 15 is 0 Å². The van der Waals surface area contributed by atoms with Crippen molar-refractivity contribution in [2.24, 2.45) is 0 Å². The fraction of sp³-hybridized carbons (Fsp3) is 0.889. The van der Waals surface area contributed by atoms with E-state index in [2.05, 4.69) is 26.1 Å². The molecule has 2 heterocycles. The van der Waals surface area contributed by atoms with Crippen molar-refractivity contribution in [2.75, 3.05) is 13.2 Å². The maximum atomic E-state index is 5.26. The molecule has 2 atom stereocenters. The van der Waals surface area contributed by atoms with Crippen molar-refractivity contribution in [3.8, 4) is 0 Å². The Morgan fingerprint density at radius 2 is 1.92 bits per heavy atom. The van der Waals surface area contributed by atoms with Gasteiger partial charge < -0.3 is 16.0 Å². The molecule has 2 saturated heterocycles. The minimum Gasteiger partial charge on any atom is -0.655 e. The van der Waals surface area contributed by atoms with E-state index in [1.54, 1.807) is 0 Å². The van der Waals surface area contributed by atoms with Gasteiger partial charge in [0.25, 0.3) is 0 Å². The molecule has 0 radical (unpaired) electrons. The molecule has 0 N–H and O–H groups in total. The van der Waals surface area contributed by atoms with Crippen LogP contribution in [0, 0.1) is 37.0 Å². The van der Waals surface area contributed by atoms with Crippen LogP contribution in [-0.4, -0.2) is 25.3 Å². The van der Waals surface area contributed by atoms with Crippen molar-refractivity contribution < 1.29 is 35.9 Å². The smallest absolute Gasteiger partial charge is 0.655 e. The van der Waals surface area contributed by atoms with Crippen molar-refractivity contribution in [3.05, 3.63) is 11.2 Å². The number of nitrogens with zero attached hydrogens (tertiary/aromatic N) is 1. The molecule has 2 aliphatic rings. The summed E-state index contributed by atoms with van der Waals surface area (Å²) in [7, 11) is 0. The van der Waals surface area contributed by atoms with E-state index in [1.807, 2.05) is 0 Å². The SMILES string of the molecule is C1OC2C[N-]C1C2.C[C-](C)C.[U+2]. The molecule has 3 heteroatoms. The first-order chi connectivity index (χ1) is 5.18. The first-order valence-corrected chi connectivity index (χ1v) is 4.23. The minimum atomic E-state index is 0. The van der Waals surface area contributed by atoms with E-state index < -0.39 is 0 Å². The van der Waals surface area contributed by atoms with Crippen LogP contribution >= 0.6 is 0 Å². The van der Waals surface area contributed by atoms with Gasteiger partial charge in [-0.25, -0.2) is 0 Å². The summed E-state index contributed by atoms with van der Waals surface area (Å²) < 4.78 is 5.26. The molecule has 0 saturated carbocycles. The normalized spacial score (nSPS) is 31.0. The Labute approximate surface area is 99.2 Å². The van der Waals surface area contributed by atoms with Crippen LogP contribution in [0.1, 0.15) is 27.2 Å². The van der Waals surface area contributed by atoms with Crippen molar-refractivity contribution in [1.82, 2.24) is 0 Å². The van der Waals surface area contributed by atoms with Crippen molar-refractivity contribution in [3.63, 3.8) is 0 Å². The molecule has 0 amide bonds. The maximum absolute atomic E-state index is 5.26. The molecule has 12 heavy (non-hydrogen) atoms. The standard InChI is InChI=1S/C5H8NO.C4H9.U/c1-4-3-7-5(1)2-6-4;1-4(2)3;/h4-5H,1-3H2;1-3H3;/q2*-1;+2. The Morgan fingerprint density at radius 3 is 2.00 bits per heavy atom. The first kappa shape index (κ1) is 13.0. The van der Waals surface area contributed by atoms with Crippen molar-refractivity contribution in [2.45, 2.75) is 39.3 Å². The predicted molar refractivity (Wildman–Crippen MR) is 46.6 cm³/mol. The van der Waals surface area contributed by atoms with Gasteiger partial charge in [0.2, 0.25) is 0 Å².